The molecule has 6 nitrogen and oxygen atoms in total. The van der Waals surface area contributed by atoms with Gasteiger partial charge in [0.1, 0.15) is 0 Å². The summed E-state index contributed by atoms with van der Waals surface area (Å²) in [5.74, 6) is 1.71. The molecule has 0 N–H and O–H groups in total. The van der Waals surface area contributed by atoms with Gasteiger partial charge >= 0.3 is 0 Å². The number of amides is 1. The van der Waals surface area contributed by atoms with E-state index in [-0.39, 0.29) is 11.8 Å². The quantitative estimate of drug-likeness (QED) is 0.833. The topological polar surface area (TPSA) is 72.1 Å². The number of likely N-dealkylation sites (tertiary alicyclic amines) is 1. The lowest BCUT2D eigenvalue weighted by Crippen LogP contribution is -2.38. The SMILES string of the molecule is Cc1nc(C2CCN(C(=O)c3ccncc3)CC2)no1. The molecule has 0 unspecified atom stereocenters. The Morgan fingerprint density at radius 2 is 2.00 bits per heavy atom. The number of carbonyl (C=O) groups excluding carboxylic acids is 1. The molecule has 3 rings (SSSR count). The maximum absolute atomic E-state index is 12.3. The van der Waals surface area contributed by atoms with Gasteiger partial charge in [0.15, 0.2) is 5.82 Å². The zero-order valence-corrected chi connectivity index (χ0v) is 11.3. The minimum atomic E-state index is 0.0649. The largest absolute Gasteiger partial charge is 0.340 e. The lowest BCUT2D eigenvalue weighted by atomic mass is 9.96. The summed E-state index contributed by atoms with van der Waals surface area (Å²) in [6, 6.07) is 3.49. The van der Waals surface area contributed by atoms with Gasteiger partial charge in [0.05, 0.1) is 0 Å². The van der Waals surface area contributed by atoms with E-state index in [1.165, 1.54) is 0 Å². The van der Waals surface area contributed by atoms with Crippen molar-refractivity contribution in [2.24, 2.45) is 0 Å². The highest BCUT2D eigenvalue weighted by atomic mass is 16.5. The van der Waals surface area contributed by atoms with Crippen LogP contribution in [0.1, 0.15) is 40.8 Å². The van der Waals surface area contributed by atoms with Crippen molar-refractivity contribution >= 4 is 5.91 Å². The summed E-state index contributed by atoms with van der Waals surface area (Å²) in [6.07, 6.45) is 5.02. The van der Waals surface area contributed by atoms with E-state index in [0.717, 1.165) is 31.8 Å². The number of piperidine rings is 1. The average molecular weight is 272 g/mol. The lowest BCUT2D eigenvalue weighted by Gasteiger charge is -2.30. The molecule has 20 heavy (non-hydrogen) atoms. The average Bonchev–Trinajstić information content (AvgIpc) is 2.94. The third-order valence-corrected chi connectivity index (χ3v) is 3.62. The Morgan fingerprint density at radius 1 is 1.30 bits per heavy atom. The summed E-state index contributed by atoms with van der Waals surface area (Å²) in [6.45, 7) is 3.23. The highest BCUT2D eigenvalue weighted by molar-refractivity contribution is 5.94. The molecule has 0 aliphatic carbocycles. The third-order valence-electron chi connectivity index (χ3n) is 3.62. The van der Waals surface area contributed by atoms with Gasteiger partial charge in [-0.2, -0.15) is 4.98 Å². The van der Waals surface area contributed by atoms with Crippen LogP contribution in [0.4, 0.5) is 0 Å². The van der Waals surface area contributed by atoms with Crippen LogP contribution in [0.3, 0.4) is 0 Å². The summed E-state index contributed by atoms with van der Waals surface area (Å²) < 4.78 is 5.01. The molecule has 1 aliphatic heterocycles. The number of hydrogen-bond acceptors (Lipinski definition) is 5. The van der Waals surface area contributed by atoms with Crippen LogP contribution < -0.4 is 0 Å². The molecule has 6 heteroatoms. The Balaban J connectivity index is 1.63. The molecule has 0 bridgehead atoms. The van der Waals surface area contributed by atoms with E-state index in [2.05, 4.69) is 15.1 Å². The van der Waals surface area contributed by atoms with Gasteiger partial charge in [-0.05, 0) is 25.0 Å². The second kappa shape index (κ2) is 5.40. The van der Waals surface area contributed by atoms with Gasteiger partial charge in [0.2, 0.25) is 5.89 Å². The standard InChI is InChI=1S/C14H16N4O2/c1-10-16-13(17-20-10)11-4-8-18(9-5-11)14(19)12-2-6-15-7-3-12/h2-3,6-7,11H,4-5,8-9H2,1H3. The number of pyridine rings is 1. The molecule has 0 spiro atoms. The van der Waals surface area contributed by atoms with E-state index in [1.807, 2.05) is 4.90 Å². The molecule has 0 aromatic carbocycles. The molecular weight excluding hydrogens is 256 g/mol. The number of nitrogens with zero attached hydrogens (tertiary/aromatic N) is 4. The fraction of sp³-hybridized carbons (Fsp3) is 0.429. The Hall–Kier alpha value is -2.24. The Kier molecular flexibility index (Phi) is 3.45. The Bertz CT molecular complexity index is 588. The van der Waals surface area contributed by atoms with Crippen molar-refractivity contribution in [3.8, 4) is 0 Å². The first-order chi connectivity index (χ1) is 9.74. The van der Waals surface area contributed by atoms with Crippen LogP contribution in [0.2, 0.25) is 0 Å². The van der Waals surface area contributed by atoms with Crippen molar-refractivity contribution in [1.29, 1.82) is 0 Å². The van der Waals surface area contributed by atoms with Crippen LogP contribution in [0.15, 0.2) is 29.0 Å². The van der Waals surface area contributed by atoms with Crippen LogP contribution in [0.25, 0.3) is 0 Å². The van der Waals surface area contributed by atoms with Crippen LogP contribution in [-0.2, 0) is 0 Å². The minimum Gasteiger partial charge on any atom is -0.340 e. The normalized spacial score (nSPS) is 16.4. The molecule has 2 aromatic heterocycles. The molecule has 2 aromatic rings. The van der Waals surface area contributed by atoms with E-state index in [0.29, 0.717) is 11.5 Å². The molecule has 1 fully saturated rings. The van der Waals surface area contributed by atoms with Crippen LogP contribution >= 0.6 is 0 Å². The summed E-state index contributed by atoms with van der Waals surface area (Å²) in [5, 5.41) is 3.97. The van der Waals surface area contributed by atoms with E-state index in [4.69, 9.17) is 4.52 Å². The number of hydrogen-bond donors (Lipinski definition) is 0. The predicted molar refractivity (Wildman–Crippen MR) is 71.2 cm³/mol. The highest BCUT2D eigenvalue weighted by Crippen LogP contribution is 2.26. The fourth-order valence-corrected chi connectivity index (χ4v) is 2.50. The Morgan fingerprint density at radius 3 is 2.60 bits per heavy atom. The zero-order valence-electron chi connectivity index (χ0n) is 11.3. The summed E-state index contributed by atoms with van der Waals surface area (Å²) in [4.78, 5) is 22.4. The van der Waals surface area contributed by atoms with Crippen molar-refractivity contribution in [2.75, 3.05) is 13.1 Å². The molecule has 1 aliphatic rings. The van der Waals surface area contributed by atoms with E-state index in [9.17, 15) is 4.79 Å². The van der Waals surface area contributed by atoms with Gasteiger partial charge in [0, 0.05) is 43.9 Å². The maximum atomic E-state index is 12.3. The minimum absolute atomic E-state index is 0.0649. The predicted octanol–water partition coefficient (Wildman–Crippen LogP) is 1.79. The van der Waals surface area contributed by atoms with Gasteiger partial charge < -0.3 is 9.42 Å². The van der Waals surface area contributed by atoms with E-state index in [1.54, 1.807) is 31.5 Å². The second-order valence-corrected chi connectivity index (χ2v) is 4.97. The molecule has 0 radical (unpaired) electrons. The molecule has 1 saturated heterocycles. The van der Waals surface area contributed by atoms with Crippen molar-refractivity contribution < 1.29 is 9.32 Å². The van der Waals surface area contributed by atoms with Crippen LogP contribution in [0.5, 0.6) is 0 Å². The second-order valence-electron chi connectivity index (χ2n) is 4.97. The van der Waals surface area contributed by atoms with Gasteiger partial charge in [-0.25, -0.2) is 0 Å². The summed E-state index contributed by atoms with van der Waals surface area (Å²) in [5.41, 5.74) is 0.689. The number of rotatable bonds is 2. The monoisotopic (exact) mass is 272 g/mol. The van der Waals surface area contributed by atoms with Crippen molar-refractivity contribution in [3.05, 3.63) is 41.8 Å². The first-order valence-corrected chi connectivity index (χ1v) is 6.73. The summed E-state index contributed by atoms with van der Waals surface area (Å²) >= 11 is 0. The number of aryl methyl sites for hydroxylation is 1. The molecule has 1 amide bonds. The fourth-order valence-electron chi connectivity index (χ4n) is 2.50. The first kappa shape index (κ1) is 12.8. The van der Waals surface area contributed by atoms with Gasteiger partial charge in [0.25, 0.3) is 5.91 Å². The zero-order chi connectivity index (χ0) is 13.9. The van der Waals surface area contributed by atoms with Crippen LogP contribution in [-0.4, -0.2) is 39.0 Å². The highest BCUT2D eigenvalue weighted by Gasteiger charge is 2.27. The summed E-state index contributed by atoms with van der Waals surface area (Å²) in [7, 11) is 0. The number of carbonyl (C=O) groups is 1. The van der Waals surface area contributed by atoms with Gasteiger partial charge in [-0.15, -0.1) is 0 Å². The van der Waals surface area contributed by atoms with Gasteiger partial charge in [-0.1, -0.05) is 5.16 Å². The lowest BCUT2D eigenvalue weighted by molar-refractivity contribution is 0.0710. The molecule has 0 atom stereocenters. The van der Waals surface area contributed by atoms with Crippen molar-refractivity contribution in [3.63, 3.8) is 0 Å². The molecule has 104 valence electrons. The van der Waals surface area contributed by atoms with Crippen LogP contribution in [0, 0.1) is 6.92 Å². The van der Waals surface area contributed by atoms with E-state index < -0.39 is 0 Å². The smallest absolute Gasteiger partial charge is 0.253 e. The van der Waals surface area contributed by atoms with Gasteiger partial charge in [-0.3, -0.25) is 9.78 Å². The third kappa shape index (κ3) is 2.54. The van der Waals surface area contributed by atoms with E-state index >= 15 is 0 Å². The van der Waals surface area contributed by atoms with Crippen molar-refractivity contribution in [1.82, 2.24) is 20.0 Å². The Labute approximate surface area is 116 Å². The first-order valence-electron chi connectivity index (χ1n) is 6.73. The van der Waals surface area contributed by atoms with Crippen molar-refractivity contribution in [2.45, 2.75) is 25.7 Å². The molecule has 3 heterocycles. The molecular formula is C14H16N4O2. The maximum Gasteiger partial charge on any atom is 0.253 e. The molecule has 0 saturated carbocycles. The number of aromatic nitrogens is 3.